The van der Waals surface area contributed by atoms with Crippen molar-refractivity contribution in [1.82, 2.24) is 14.8 Å². The first-order chi connectivity index (χ1) is 10.1. The Kier molecular flexibility index (Phi) is 2.87. The molecule has 0 saturated carbocycles. The molecular weight excluding hydrogens is 272 g/mol. The van der Waals surface area contributed by atoms with Crippen molar-refractivity contribution in [3.8, 4) is 5.82 Å². The number of pyridine rings is 1. The molecule has 7 nitrogen and oxygen atoms in total. The second-order valence-electron chi connectivity index (χ2n) is 4.40. The lowest BCUT2D eigenvalue weighted by atomic mass is 10.1. The van der Waals surface area contributed by atoms with Gasteiger partial charge < -0.3 is 10.8 Å². The van der Waals surface area contributed by atoms with E-state index in [0.717, 1.165) is 10.8 Å². The third-order valence-corrected chi connectivity index (χ3v) is 3.02. The number of carbonyl (C=O) groups excluding carboxylic acids is 1. The molecule has 3 aromatic rings. The van der Waals surface area contributed by atoms with E-state index in [1.165, 1.54) is 23.1 Å². The van der Waals surface area contributed by atoms with Crippen molar-refractivity contribution in [3.63, 3.8) is 0 Å². The maximum atomic E-state index is 11.2. The predicted molar refractivity (Wildman–Crippen MR) is 74.3 cm³/mol. The van der Waals surface area contributed by atoms with Crippen LogP contribution in [0.25, 0.3) is 16.6 Å². The number of hydrogen-bond donors (Lipinski definition) is 2. The summed E-state index contributed by atoms with van der Waals surface area (Å²) in [7, 11) is 0. The lowest BCUT2D eigenvalue weighted by Gasteiger charge is -2.07. The molecule has 1 aromatic carbocycles. The highest BCUT2D eigenvalue weighted by molar-refractivity contribution is 5.96. The summed E-state index contributed by atoms with van der Waals surface area (Å²) in [6.45, 7) is 0. The maximum absolute atomic E-state index is 11.2. The summed E-state index contributed by atoms with van der Waals surface area (Å²) < 4.78 is 1.34. The molecule has 21 heavy (non-hydrogen) atoms. The van der Waals surface area contributed by atoms with Crippen LogP contribution in [-0.2, 0) is 0 Å². The number of benzene rings is 1. The molecule has 0 atom stereocenters. The average Bonchev–Trinajstić information content (AvgIpc) is 2.96. The van der Waals surface area contributed by atoms with Crippen LogP contribution < -0.4 is 5.73 Å². The van der Waals surface area contributed by atoms with Gasteiger partial charge in [-0.25, -0.2) is 14.5 Å². The number of carboxylic acids is 1. The van der Waals surface area contributed by atoms with Crippen LogP contribution in [0.15, 0.2) is 42.7 Å². The van der Waals surface area contributed by atoms with E-state index in [4.69, 9.17) is 10.8 Å². The van der Waals surface area contributed by atoms with E-state index in [1.54, 1.807) is 18.2 Å². The number of carbonyl (C=O) groups is 2. The van der Waals surface area contributed by atoms with E-state index >= 15 is 0 Å². The van der Waals surface area contributed by atoms with Gasteiger partial charge in [-0.2, -0.15) is 5.10 Å². The average molecular weight is 282 g/mol. The number of nitrogens with two attached hydrogens (primary N) is 1. The van der Waals surface area contributed by atoms with Crippen LogP contribution in [0.3, 0.4) is 0 Å². The Hall–Kier alpha value is -3.22. The van der Waals surface area contributed by atoms with Crippen molar-refractivity contribution in [3.05, 3.63) is 54.0 Å². The third kappa shape index (κ3) is 2.20. The molecule has 7 heteroatoms. The lowest BCUT2D eigenvalue weighted by Crippen LogP contribution is -2.10. The highest BCUT2D eigenvalue weighted by Gasteiger charge is 2.14. The molecular formula is C14H10N4O3. The molecule has 0 saturated heterocycles. The number of primary amides is 1. The predicted octanol–water partition coefficient (Wildman–Crippen LogP) is 1.22. The fraction of sp³-hybridized carbons (Fsp3) is 0. The van der Waals surface area contributed by atoms with Gasteiger partial charge in [0.1, 0.15) is 0 Å². The summed E-state index contributed by atoms with van der Waals surface area (Å²) in [6.07, 6.45) is 2.73. The number of rotatable bonds is 3. The summed E-state index contributed by atoms with van der Waals surface area (Å²) in [6, 6.07) is 8.68. The molecule has 1 amide bonds. The molecule has 0 aliphatic heterocycles. The molecule has 0 aliphatic rings. The lowest BCUT2D eigenvalue weighted by molar-refractivity contribution is 0.0690. The van der Waals surface area contributed by atoms with E-state index < -0.39 is 11.9 Å². The largest absolute Gasteiger partial charge is 0.477 e. The molecule has 0 fully saturated rings. The summed E-state index contributed by atoms with van der Waals surface area (Å²) in [5.41, 5.74) is 5.32. The van der Waals surface area contributed by atoms with Crippen molar-refractivity contribution in [1.29, 1.82) is 0 Å². The molecule has 3 rings (SSSR count). The zero-order valence-electron chi connectivity index (χ0n) is 10.7. The number of aromatic carboxylic acids is 1. The van der Waals surface area contributed by atoms with Gasteiger partial charge in [0.15, 0.2) is 11.5 Å². The van der Waals surface area contributed by atoms with E-state index in [2.05, 4.69) is 10.1 Å². The van der Waals surface area contributed by atoms with Gasteiger partial charge in [0.05, 0.1) is 11.8 Å². The van der Waals surface area contributed by atoms with Crippen LogP contribution in [0.4, 0.5) is 0 Å². The first-order valence-corrected chi connectivity index (χ1v) is 6.04. The Morgan fingerprint density at radius 2 is 2.00 bits per heavy atom. The standard InChI is InChI=1S/C14H10N4O3/c15-12(19)9-6-16-18(7-9)13-10-4-2-1-3-8(10)5-11(17-13)14(20)21/h1-7H,(H2,15,19)(H,20,21). The molecule has 0 spiro atoms. The highest BCUT2D eigenvalue weighted by atomic mass is 16.4. The Bertz CT molecular complexity index is 870. The molecule has 2 heterocycles. The Labute approximate surface area is 118 Å². The van der Waals surface area contributed by atoms with Gasteiger partial charge in [-0.1, -0.05) is 24.3 Å². The normalized spacial score (nSPS) is 10.7. The third-order valence-electron chi connectivity index (χ3n) is 3.02. The van der Waals surface area contributed by atoms with Gasteiger partial charge in [0.25, 0.3) is 5.91 Å². The minimum absolute atomic E-state index is 0.0974. The van der Waals surface area contributed by atoms with Gasteiger partial charge >= 0.3 is 5.97 Å². The molecule has 0 aliphatic carbocycles. The van der Waals surface area contributed by atoms with Crippen molar-refractivity contribution < 1.29 is 14.7 Å². The summed E-state index contributed by atoms with van der Waals surface area (Å²) in [4.78, 5) is 26.4. The summed E-state index contributed by atoms with van der Waals surface area (Å²) in [5.74, 6) is -1.41. The van der Waals surface area contributed by atoms with Gasteiger partial charge in [-0.05, 0) is 11.5 Å². The number of hydrogen-bond acceptors (Lipinski definition) is 4. The molecule has 2 aromatic heterocycles. The number of aromatic nitrogens is 3. The Morgan fingerprint density at radius 3 is 2.67 bits per heavy atom. The van der Waals surface area contributed by atoms with Gasteiger partial charge in [-0.3, -0.25) is 4.79 Å². The highest BCUT2D eigenvalue weighted by Crippen LogP contribution is 2.21. The fourth-order valence-corrected chi connectivity index (χ4v) is 2.03. The van der Waals surface area contributed by atoms with Crippen molar-refractivity contribution in [2.45, 2.75) is 0 Å². The smallest absolute Gasteiger partial charge is 0.354 e. The van der Waals surface area contributed by atoms with Crippen molar-refractivity contribution >= 4 is 22.6 Å². The first-order valence-electron chi connectivity index (χ1n) is 6.04. The van der Waals surface area contributed by atoms with Crippen molar-refractivity contribution in [2.75, 3.05) is 0 Å². The minimum atomic E-state index is -1.13. The Morgan fingerprint density at radius 1 is 1.24 bits per heavy atom. The number of fused-ring (bicyclic) bond motifs is 1. The molecule has 0 bridgehead atoms. The van der Waals surface area contributed by atoms with Crippen molar-refractivity contribution in [2.24, 2.45) is 5.73 Å². The SMILES string of the molecule is NC(=O)c1cnn(-c2nc(C(=O)O)cc3ccccc23)c1. The number of nitrogens with zero attached hydrogens (tertiary/aromatic N) is 3. The Balaban J connectivity index is 2.28. The summed E-state index contributed by atoms with van der Waals surface area (Å²) in [5, 5.41) is 14.6. The minimum Gasteiger partial charge on any atom is -0.477 e. The molecule has 0 unspecified atom stereocenters. The zero-order chi connectivity index (χ0) is 15.0. The van der Waals surface area contributed by atoms with E-state index in [0.29, 0.717) is 5.82 Å². The van der Waals surface area contributed by atoms with Gasteiger partial charge in [0, 0.05) is 11.6 Å². The molecule has 104 valence electrons. The van der Waals surface area contributed by atoms with Gasteiger partial charge in [0.2, 0.25) is 0 Å². The first kappa shape index (κ1) is 12.8. The number of amides is 1. The zero-order valence-corrected chi connectivity index (χ0v) is 10.7. The van der Waals surface area contributed by atoms with Crippen LogP contribution in [0.2, 0.25) is 0 Å². The van der Waals surface area contributed by atoms with Crippen LogP contribution in [0.1, 0.15) is 20.8 Å². The van der Waals surface area contributed by atoms with E-state index in [1.807, 2.05) is 6.07 Å². The van der Waals surface area contributed by atoms with Crippen LogP contribution >= 0.6 is 0 Å². The second-order valence-corrected chi connectivity index (χ2v) is 4.40. The maximum Gasteiger partial charge on any atom is 0.354 e. The molecule has 0 radical (unpaired) electrons. The van der Waals surface area contributed by atoms with Gasteiger partial charge in [-0.15, -0.1) is 0 Å². The monoisotopic (exact) mass is 282 g/mol. The topological polar surface area (TPSA) is 111 Å². The summed E-state index contributed by atoms with van der Waals surface area (Å²) >= 11 is 0. The quantitative estimate of drug-likeness (QED) is 0.750. The van der Waals surface area contributed by atoms with E-state index in [-0.39, 0.29) is 11.3 Å². The molecule has 3 N–H and O–H groups in total. The van der Waals surface area contributed by atoms with Crippen LogP contribution in [0, 0.1) is 0 Å². The second kappa shape index (κ2) is 4.71. The van der Waals surface area contributed by atoms with Crippen LogP contribution in [0.5, 0.6) is 0 Å². The van der Waals surface area contributed by atoms with Crippen LogP contribution in [-0.4, -0.2) is 31.7 Å². The fourth-order valence-electron chi connectivity index (χ4n) is 2.03. The van der Waals surface area contributed by atoms with E-state index in [9.17, 15) is 9.59 Å². The number of carboxylic acid groups (broad SMARTS) is 1.